The summed E-state index contributed by atoms with van der Waals surface area (Å²) in [6.07, 6.45) is 6.83. The summed E-state index contributed by atoms with van der Waals surface area (Å²) in [5.41, 5.74) is 1.20. The Balaban J connectivity index is 3.90. The van der Waals surface area contributed by atoms with Crippen molar-refractivity contribution in [1.29, 1.82) is 0 Å². The fraction of sp³-hybridized carbons (Fsp3) is 0.750. The van der Waals surface area contributed by atoms with Crippen LogP contribution in [0.1, 0.15) is 52.9 Å². The standard InChI is InChI=1S/C12H22O2/c1-4-5-6-7-11(12(13)14)9-8-10(2)3/h8,11H,4-7,9H2,1-3H3,(H,13,14). The molecule has 0 aliphatic rings. The van der Waals surface area contributed by atoms with Gasteiger partial charge in [0.1, 0.15) is 0 Å². The second kappa shape index (κ2) is 7.60. The molecule has 1 atom stereocenters. The Kier molecular flexibility index (Phi) is 7.17. The van der Waals surface area contributed by atoms with Gasteiger partial charge in [-0.15, -0.1) is 0 Å². The van der Waals surface area contributed by atoms with E-state index < -0.39 is 5.97 Å². The minimum atomic E-state index is -0.654. The largest absolute Gasteiger partial charge is 0.481 e. The first kappa shape index (κ1) is 13.2. The zero-order valence-corrected chi connectivity index (χ0v) is 9.55. The van der Waals surface area contributed by atoms with E-state index in [1.54, 1.807) is 0 Å². The summed E-state index contributed by atoms with van der Waals surface area (Å²) in [7, 11) is 0. The number of hydrogen-bond donors (Lipinski definition) is 1. The summed E-state index contributed by atoms with van der Waals surface area (Å²) in [5.74, 6) is -0.838. The van der Waals surface area contributed by atoms with Gasteiger partial charge in [-0.2, -0.15) is 0 Å². The van der Waals surface area contributed by atoms with Crippen LogP contribution >= 0.6 is 0 Å². The molecule has 0 aromatic carbocycles. The highest BCUT2D eigenvalue weighted by Crippen LogP contribution is 2.15. The summed E-state index contributed by atoms with van der Waals surface area (Å²) in [4.78, 5) is 10.9. The third kappa shape index (κ3) is 6.70. The molecule has 0 spiro atoms. The molecule has 0 saturated carbocycles. The second-order valence-corrected chi connectivity index (χ2v) is 4.05. The highest BCUT2D eigenvalue weighted by atomic mass is 16.4. The Morgan fingerprint density at radius 1 is 1.36 bits per heavy atom. The SMILES string of the molecule is CCCCCC(CC=C(C)C)C(=O)O. The molecule has 2 nitrogen and oxygen atoms in total. The molecule has 0 fully saturated rings. The van der Waals surface area contributed by atoms with Gasteiger partial charge in [0.2, 0.25) is 0 Å². The van der Waals surface area contributed by atoms with Gasteiger partial charge in [0.25, 0.3) is 0 Å². The third-order valence-corrected chi connectivity index (χ3v) is 2.32. The van der Waals surface area contributed by atoms with Crippen molar-refractivity contribution < 1.29 is 9.90 Å². The number of carboxylic acids is 1. The van der Waals surface area contributed by atoms with Crippen LogP contribution in [-0.4, -0.2) is 11.1 Å². The van der Waals surface area contributed by atoms with E-state index in [-0.39, 0.29) is 5.92 Å². The predicted octanol–water partition coefficient (Wildman–Crippen LogP) is 3.62. The first-order valence-corrected chi connectivity index (χ1v) is 5.44. The molecule has 0 radical (unpaired) electrons. The lowest BCUT2D eigenvalue weighted by molar-refractivity contribution is -0.141. The number of allylic oxidation sites excluding steroid dienone is 2. The van der Waals surface area contributed by atoms with Crippen LogP contribution < -0.4 is 0 Å². The molecular weight excluding hydrogens is 176 g/mol. The number of carboxylic acid groups (broad SMARTS) is 1. The van der Waals surface area contributed by atoms with Gasteiger partial charge < -0.3 is 5.11 Å². The summed E-state index contributed by atoms with van der Waals surface area (Å²) in [5, 5.41) is 8.96. The molecular formula is C12H22O2. The van der Waals surface area contributed by atoms with Crippen molar-refractivity contribution in [1.82, 2.24) is 0 Å². The molecule has 0 aliphatic heterocycles. The lowest BCUT2D eigenvalue weighted by Crippen LogP contribution is -2.12. The van der Waals surface area contributed by atoms with Crippen LogP contribution in [-0.2, 0) is 4.79 Å². The highest BCUT2D eigenvalue weighted by molar-refractivity contribution is 5.70. The number of unbranched alkanes of at least 4 members (excludes halogenated alkanes) is 2. The van der Waals surface area contributed by atoms with Crippen LogP contribution in [0.15, 0.2) is 11.6 Å². The van der Waals surface area contributed by atoms with Crippen LogP contribution in [0, 0.1) is 5.92 Å². The van der Waals surface area contributed by atoms with Crippen molar-refractivity contribution in [2.45, 2.75) is 52.9 Å². The van der Waals surface area contributed by atoms with Gasteiger partial charge in [0.15, 0.2) is 0 Å². The van der Waals surface area contributed by atoms with Gasteiger partial charge >= 0.3 is 5.97 Å². The number of carbonyl (C=O) groups is 1. The highest BCUT2D eigenvalue weighted by Gasteiger charge is 2.14. The normalized spacial score (nSPS) is 12.2. The quantitative estimate of drug-likeness (QED) is 0.501. The molecule has 0 saturated heterocycles. The average molecular weight is 198 g/mol. The molecule has 2 heteroatoms. The first-order valence-electron chi connectivity index (χ1n) is 5.44. The van der Waals surface area contributed by atoms with Gasteiger partial charge in [0, 0.05) is 0 Å². The molecule has 0 aromatic heterocycles. The van der Waals surface area contributed by atoms with Gasteiger partial charge in [-0.3, -0.25) is 4.79 Å². The summed E-state index contributed by atoms with van der Waals surface area (Å²) >= 11 is 0. The van der Waals surface area contributed by atoms with E-state index in [1.807, 2.05) is 19.9 Å². The monoisotopic (exact) mass is 198 g/mol. The van der Waals surface area contributed by atoms with Crippen LogP contribution in [0.3, 0.4) is 0 Å². The molecule has 0 aliphatic carbocycles. The van der Waals surface area contributed by atoms with Crippen molar-refractivity contribution in [3.05, 3.63) is 11.6 Å². The van der Waals surface area contributed by atoms with Crippen LogP contribution in [0.4, 0.5) is 0 Å². The van der Waals surface area contributed by atoms with E-state index in [2.05, 4.69) is 6.92 Å². The van der Waals surface area contributed by atoms with Gasteiger partial charge in [-0.1, -0.05) is 37.8 Å². The van der Waals surface area contributed by atoms with E-state index in [9.17, 15) is 4.79 Å². The van der Waals surface area contributed by atoms with E-state index in [1.165, 1.54) is 5.57 Å². The zero-order chi connectivity index (χ0) is 11.0. The maximum atomic E-state index is 10.9. The molecule has 0 bridgehead atoms. The molecule has 0 rings (SSSR count). The van der Waals surface area contributed by atoms with Crippen molar-refractivity contribution in [3.63, 3.8) is 0 Å². The molecule has 1 N–H and O–H groups in total. The Morgan fingerprint density at radius 2 is 2.00 bits per heavy atom. The molecule has 0 aromatic rings. The van der Waals surface area contributed by atoms with Crippen LogP contribution in [0.5, 0.6) is 0 Å². The van der Waals surface area contributed by atoms with Gasteiger partial charge in [0.05, 0.1) is 5.92 Å². The molecule has 0 heterocycles. The number of aliphatic carboxylic acids is 1. The lowest BCUT2D eigenvalue weighted by atomic mass is 9.97. The third-order valence-electron chi connectivity index (χ3n) is 2.32. The van der Waals surface area contributed by atoms with E-state index in [4.69, 9.17) is 5.11 Å². The Bertz CT molecular complexity index is 190. The van der Waals surface area contributed by atoms with Crippen molar-refractivity contribution in [3.8, 4) is 0 Å². The molecule has 82 valence electrons. The summed E-state index contributed by atoms with van der Waals surface area (Å²) < 4.78 is 0. The first-order chi connectivity index (χ1) is 6.57. The predicted molar refractivity (Wildman–Crippen MR) is 59.3 cm³/mol. The Labute approximate surface area is 87.0 Å². The topological polar surface area (TPSA) is 37.3 Å². The Morgan fingerprint density at radius 3 is 2.43 bits per heavy atom. The molecule has 14 heavy (non-hydrogen) atoms. The summed E-state index contributed by atoms with van der Waals surface area (Å²) in [6.45, 7) is 6.14. The second-order valence-electron chi connectivity index (χ2n) is 4.05. The molecule has 1 unspecified atom stereocenters. The van der Waals surface area contributed by atoms with Crippen molar-refractivity contribution in [2.24, 2.45) is 5.92 Å². The smallest absolute Gasteiger partial charge is 0.306 e. The van der Waals surface area contributed by atoms with Crippen LogP contribution in [0.2, 0.25) is 0 Å². The maximum Gasteiger partial charge on any atom is 0.306 e. The van der Waals surface area contributed by atoms with Crippen molar-refractivity contribution in [2.75, 3.05) is 0 Å². The summed E-state index contributed by atoms with van der Waals surface area (Å²) in [6, 6.07) is 0. The molecule has 0 amide bonds. The van der Waals surface area contributed by atoms with Crippen LogP contribution in [0.25, 0.3) is 0 Å². The van der Waals surface area contributed by atoms with E-state index in [0.717, 1.165) is 25.7 Å². The maximum absolute atomic E-state index is 10.9. The van der Waals surface area contributed by atoms with E-state index in [0.29, 0.717) is 6.42 Å². The number of hydrogen-bond acceptors (Lipinski definition) is 1. The Hall–Kier alpha value is -0.790. The van der Waals surface area contributed by atoms with E-state index >= 15 is 0 Å². The minimum Gasteiger partial charge on any atom is -0.481 e. The average Bonchev–Trinajstić information content (AvgIpc) is 2.10. The van der Waals surface area contributed by atoms with Gasteiger partial charge in [-0.25, -0.2) is 0 Å². The number of rotatable bonds is 7. The fourth-order valence-corrected chi connectivity index (χ4v) is 1.36. The fourth-order valence-electron chi connectivity index (χ4n) is 1.36. The zero-order valence-electron chi connectivity index (χ0n) is 9.55. The lowest BCUT2D eigenvalue weighted by Gasteiger charge is -2.09. The minimum absolute atomic E-state index is 0.184. The van der Waals surface area contributed by atoms with Gasteiger partial charge in [-0.05, 0) is 26.7 Å². The van der Waals surface area contributed by atoms with Crippen molar-refractivity contribution >= 4 is 5.97 Å².